The summed E-state index contributed by atoms with van der Waals surface area (Å²) in [5.41, 5.74) is 1.40. The fourth-order valence-corrected chi connectivity index (χ4v) is 3.67. The molecule has 2 aromatic carbocycles. The van der Waals surface area contributed by atoms with Crippen molar-refractivity contribution in [3.63, 3.8) is 0 Å². The Morgan fingerprint density at radius 2 is 1.96 bits per heavy atom. The third-order valence-electron chi connectivity index (χ3n) is 3.39. The molecule has 4 nitrogen and oxygen atoms in total. The van der Waals surface area contributed by atoms with Crippen molar-refractivity contribution in [2.75, 3.05) is 12.0 Å². The highest BCUT2D eigenvalue weighted by Gasteiger charge is 2.33. The van der Waals surface area contributed by atoms with Crippen LogP contribution in [0.1, 0.15) is 5.56 Å². The number of phenols is 1. The summed E-state index contributed by atoms with van der Waals surface area (Å²) < 4.78 is 5.58. The van der Waals surface area contributed by atoms with Crippen LogP contribution in [0.5, 0.6) is 11.5 Å². The molecule has 0 spiro atoms. The Hall–Kier alpha value is -2.02. The average Bonchev–Trinajstić information content (AvgIpc) is 2.85. The van der Waals surface area contributed by atoms with Crippen LogP contribution in [0.4, 0.5) is 5.69 Å². The van der Waals surface area contributed by atoms with Gasteiger partial charge in [0.25, 0.3) is 5.91 Å². The molecule has 1 amide bonds. The quantitative estimate of drug-likeness (QED) is 0.632. The topological polar surface area (TPSA) is 49.8 Å². The molecular weight excluding hydrogens is 366 g/mol. The van der Waals surface area contributed by atoms with Crippen LogP contribution in [0.2, 0.25) is 5.02 Å². The Labute approximate surface area is 153 Å². The van der Waals surface area contributed by atoms with Crippen LogP contribution in [0.25, 0.3) is 6.08 Å². The first-order chi connectivity index (χ1) is 11.5. The molecule has 1 N–H and O–H groups in total. The summed E-state index contributed by atoms with van der Waals surface area (Å²) in [5, 5.41) is 9.70. The number of hydrogen-bond acceptors (Lipinski definition) is 5. The van der Waals surface area contributed by atoms with Crippen LogP contribution in [0, 0.1) is 0 Å². The van der Waals surface area contributed by atoms with Crippen LogP contribution in [0.15, 0.2) is 47.4 Å². The number of phenolic OH excluding ortho intramolecular Hbond substituents is 1. The molecular formula is C17H12ClNO3S2. The van der Waals surface area contributed by atoms with E-state index in [1.54, 1.807) is 49.6 Å². The third kappa shape index (κ3) is 3.26. The standard InChI is InChI=1S/C17H12ClNO3S2/c1-22-12-5-3-11(4-6-12)19-16(21)15(24-17(19)23)9-10-2-7-14(20)13(18)8-10/h2-9,20H,1H3/b15-9-. The molecule has 1 saturated heterocycles. The van der Waals surface area contributed by atoms with Gasteiger partial charge in [-0.2, -0.15) is 0 Å². The molecule has 0 bridgehead atoms. The first-order valence-electron chi connectivity index (χ1n) is 6.90. The second kappa shape index (κ2) is 6.84. The normalized spacial score (nSPS) is 16.1. The Bertz CT molecular complexity index is 849. The van der Waals surface area contributed by atoms with Gasteiger partial charge in [0.05, 0.1) is 22.7 Å². The molecule has 0 atom stereocenters. The fourth-order valence-electron chi connectivity index (χ4n) is 2.19. The van der Waals surface area contributed by atoms with Gasteiger partial charge in [-0.3, -0.25) is 9.69 Å². The highest BCUT2D eigenvalue weighted by atomic mass is 35.5. The lowest BCUT2D eigenvalue weighted by Gasteiger charge is -2.14. The van der Waals surface area contributed by atoms with E-state index in [-0.39, 0.29) is 16.7 Å². The molecule has 122 valence electrons. The zero-order valence-corrected chi connectivity index (χ0v) is 14.9. The number of thiocarbonyl (C=S) groups is 1. The number of methoxy groups -OCH3 is 1. The molecule has 0 aliphatic carbocycles. The number of anilines is 1. The van der Waals surface area contributed by atoms with Crippen LogP contribution in [0.3, 0.4) is 0 Å². The number of halogens is 1. The number of hydrogen-bond donors (Lipinski definition) is 1. The van der Waals surface area contributed by atoms with Gasteiger partial charge in [0.15, 0.2) is 4.32 Å². The maximum Gasteiger partial charge on any atom is 0.270 e. The van der Waals surface area contributed by atoms with Crippen molar-refractivity contribution in [3.05, 3.63) is 58.0 Å². The number of carbonyl (C=O) groups excluding carboxylic acids is 1. The van der Waals surface area contributed by atoms with Gasteiger partial charge >= 0.3 is 0 Å². The summed E-state index contributed by atoms with van der Waals surface area (Å²) in [5.74, 6) is 0.512. The molecule has 3 rings (SSSR count). The summed E-state index contributed by atoms with van der Waals surface area (Å²) >= 11 is 12.5. The molecule has 7 heteroatoms. The highest BCUT2D eigenvalue weighted by Crippen LogP contribution is 2.37. The number of benzene rings is 2. The van der Waals surface area contributed by atoms with Gasteiger partial charge < -0.3 is 9.84 Å². The summed E-state index contributed by atoms with van der Waals surface area (Å²) in [6.45, 7) is 0. The van der Waals surface area contributed by atoms with Crippen molar-refractivity contribution in [2.24, 2.45) is 0 Å². The molecule has 1 aliphatic heterocycles. The van der Waals surface area contributed by atoms with Gasteiger partial charge in [0, 0.05) is 0 Å². The third-order valence-corrected chi connectivity index (χ3v) is 5.00. The second-order valence-corrected chi connectivity index (χ2v) is 7.01. The van der Waals surface area contributed by atoms with E-state index in [4.69, 9.17) is 28.6 Å². The second-order valence-electron chi connectivity index (χ2n) is 4.93. The van der Waals surface area contributed by atoms with Crippen LogP contribution < -0.4 is 9.64 Å². The van der Waals surface area contributed by atoms with Gasteiger partial charge in [-0.25, -0.2) is 0 Å². The Morgan fingerprint density at radius 1 is 1.25 bits per heavy atom. The van der Waals surface area contributed by atoms with E-state index >= 15 is 0 Å². The lowest BCUT2D eigenvalue weighted by atomic mass is 10.2. The van der Waals surface area contributed by atoms with E-state index in [1.165, 1.54) is 22.7 Å². The van der Waals surface area contributed by atoms with E-state index in [2.05, 4.69) is 0 Å². The molecule has 1 heterocycles. The Balaban J connectivity index is 1.90. The van der Waals surface area contributed by atoms with E-state index in [0.717, 1.165) is 0 Å². The number of carbonyl (C=O) groups is 1. The van der Waals surface area contributed by atoms with Crippen molar-refractivity contribution < 1.29 is 14.6 Å². The number of nitrogens with zero attached hydrogens (tertiary/aromatic N) is 1. The largest absolute Gasteiger partial charge is 0.506 e. The monoisotopic (exact) mass is 377 g/mol. The lowest BCUT2D eigenvalue weighted by molar-refractivity contribution is -0.113. The molecule has 24 heavy (non-hydrogen) atoms. The van der Waals surface area contributed by atoms with Gasteiger partial charge in [-0.15, -0.1) is 0 Å². The van der Waals surface area contributed by atoms with E-state index < -0.39 is 0 Å². The molecule has 0 radical (unpaired) electrons. The predicted molar refractivity (Wildman–Crippen MR) is 102 cm³/mol. The molecule has 0 saturated carbocycles. The maximum absolute atomic E-state index is 12.7. The van der Waals surface area contributed by atoms with Crippen molar-refractivity contribution in [1.29, 1.82) is 0 Å². The lowest BCUT2D eigenvalue weighted by Crippen LogP contribution is -2.27. The molecule has 0 aromatic heterocycles. The van der Waals surface area contributed by atoms with Crippen LogP contribution >= 0.6 is 35.6 Å². The predicted octanol–water partition coefficient (Wildman–Crippen LogP) is 4.46. The highest BCUT2D eigenvalue weighted by molar-refractivity contribution is 8.27. The fraction of sp³-hybridized carbons (Fsp3) is 0.0588. The van der Waals surface area contributed by atoms with Crippen LogP contribution in [-0.2, 0) is 4.79 Å². The molecule has 2 aromatic rings. The van der Waals surface area contributed by atoms with Gasteiger partial charge in [-0.05, 0) is 48.0 Å². The Morgan fingerprint density at radius 3 is 2.58 bits per heavy atom. The SMILES string of the molecule is COc1ccc(N2C(=O)/C(=C/c3ccc(O)c(Cl)c3)SC2=S)cc1. The minimum atomic E-state index is -0.195. The number of thioether (sulfide) groups is 1. The van der Waals surface area contributed by atoms with Crippen molar-refractivity contribution in [3.8, 4) is 11.5 Å². The summed E-state index contributed by atoms with van der Waals surface area (Å²) in [4.78, 5) is 14.6. The van der Waals surface area contributed by atoms with E-state index in [0.29, 0.717) is 26.2 Å². The number of ether oxygens (including phenoxy) is 1. The van der Waals surface area contributed by atoms with Crippen molar-refractivity contribution in [1.82, 2.24) is 0 Å². The summed E-state index contributed by atoms with van der Waals surface area (Å²) in [6, 6.07) is 11.9. The number of amides is 1. The Kier molecular flexibility index (Phi) is 4.80. The number of aromatic hydroxyl groups is 1. The van der Waals surface area contributed by atoms with Gasteiger partial charge in [-0.1, -0.05) is 41.6 Å². The number of rotatable bonds is 3. The minimum absolute atomic E-state index is 0.000372. The average molecular weight is 378 g/mol. The zero-order chi connectivity index (χ0) is 17.3. The first-order valence-corrected chi connectivity index (χ1v) is 8.50. The minimum Gasteiger partial charge on any atom is -0.506 e. The molecule has 1 fully saturated rings. The molecule has 1 aliphatic rings. The van der Waals surface area contributed by atoms with Crippen molar-refractivity contribution in [2.45, 2.75) is 0 Å². The van der Waals surface area contributed by atoms with Crippen LogP contribution in [-0.4, -0.2) is 22.4 Å². The van der Waals surface area contributed by atoms with E-state index in [9.17, 15) is 9.90 Å². The van der Waals surface area contributed by atoms with E-state index in [1.807, 2.05) is 0 Å². The van der Waals surface area contributed by atoms with Gasteiger partial charge in [0.2, 0.25) is 0 Å². The summed E-state index contributed by atoms with van der Waals surface area (Å²) in [6.07, 6.45) is 1.70. The maximum atomic E-state index is 12.7. The van der Waals surface area contributed by atoms with Gasteiger partial charge in [0.1, 0.15) is 11.5 Å². The smallest absolute Gasteiger partial charge is 0.270 e. The van der Waals surface area contributed by atoms with Crippen molar-refractivity contribution >= 4 is 57.6 Å². The zero-order valence-electron chi connectivity index (χ0n) is 12.5. The first kappa shape index (κ1) is 16.8. The summed E-state index contributed by atoms with van der Waals surface area (Å²) in [7, 11) is 1.58. The molecule has 0 unspecified atom stereocenters.